The molecule has 1 aliphatic heterocycles. The molecule has 1 aromatic heterocycles. The Morgan fingerprint density at radius 2 is 1.97 bits per heavy atom. The first-order valence-electron chi connectivity index (χ1n) is 10.3. The Balaban J connectivity index is 1.78. The van der Waals surface area contributed by atoms with Gasteiger partial charge in [-0.15, -0.1) is 0 Å². The topological polar surface area (TPSA) is 74.8 Å². The second kappa shape index (κ2) is 9.32. The molecule has 164 valence electrons. The molecule has 1 aromatic carbocycles. The predicted octanol–water partition coefficient (Wildman–Crippen LogP) is 3.54. The van der Waals surface area contributed by atoms with Crippen molar-refractivity contribution in [3.63, 3.8) is 0 Å². The number of nitrogens with one attached hydrogen (secondary N) is 1. The van der Waals surface area contributed by atoms with E-state index in [-0.39, 0.29) is 18.1 Å². The fourth-order valence-electron chi connectivity index (χ4n) is 3.86. The summed E-state index contributed by atoms with van der Waals surface area (Å²) in [6.45, 7) is 7.26. The van der Waals surface area contributed by atoms with Crippen molar-refractivity contribution in [2.45, 2.75) is 50.8 Å². The van der Waals surface area contributed by atoms with Crippen molar-refractivity contribution in [2.75, 3.05) is 31.0 Å². The van der Waals surface area contributed by atoms with Crippen molar-refractivity contribution in [1.29, 1.82) is 0 Å². The van der Waals surface area contributed by atoms with Crippen LogP contribution < -0.4 is 10.2 Å². The van der Waals surface area contributed by atoms with Crippen LogP contribution in [0.1, 0.15) is 32.8 Å². The van der Waals surface area contributed by atoms with E-state index in [2.05, 4.69) is 36.0 Å². The van der Waals surface area contributed by atoms with E-state index in [1.807, 2.05) is 24.4 Å². The Morgan fingerprint density at radius 3 is 2.60 bits per heavy atom. The second-order valence-corrected chi connectivity index (χ2v) is 9.91. The number of benzene rings is 1. The fraction of sp³-hybridized carbons (Fsp3) is 0.500. The maximum atomic E-state index is 13.2. The first-order chi connectivity index (χ1) is 14.3. The molecule has 7 nitrogen and oxygen atoms in total. The fourth-order valence-corrected chi connectivity index (χ4v) is 5.30. The number of pyridine rings is 1. The van der Waals surface area contributed by atoms with Gasteiger partial charge < -0.3 is 15.0 Å². The number of rotatable bonds is 9. The zero-order valence-corrected chi connectivity index (χ0v) is 19.2. The van der Waals surface area contributed by atoms with E-state index in [0.717, 1.165) is 23.4 Å². The number of nitrogens with zero attached hydrogens (tertiary/aromatic N) is 3. The summed E-state index contributed by atoms with van der Waals surface area (Å²) in [5.41, 5.74) is 3.16. The van der Waals surface area contributed by atoms with Gasteiger partial charge in [-0.05, 0) is 36.6 Å². The van der Waals surface area contributed by atoms with E-state index < -0.39 is 10.0 Å². The van der Waals surface area contributed by atoms with Crippen LogP contribution in [-0.2, 0) is 21.3 Å². The lowest BCUT2D eigenvalue weighted by molar-refractivity contribution is 0.112. The third kappa shape index (κ3) is 4.45. The van der Waals surface area contributed by atoms with Crippen LogP contribution in [0.4, 0.5) is 11.4 Å². The standard InChI is InChI=1S/C22H32N4O3S/c1-6-16(2)22(15-29-5)25(4)30(27,28)19-9-7-18(8-10-19)14-26-17(3)24-20-13-23-12-11-21(20)26/h7-13,16-17,22,24H,6,14-15H2,1-5H3. The molecule has 8 heteroatoms. The number of aromatic nitrogens is 1. The van der Waals surface area contributed by atoms with Gasteiger partial charge in [-0.2, -0.15) is 4.31 Å². The molecule has 2 heterocycles. The highest BCUT2D eigenvalue weighted by molar-refractivity contribution is 7.89. The summed E-state index contributed by atoms with van der Waals surface area (Å²) in [6, 6.07) is 8.96. The van der Waals surface area contributed by atoms with Gasteiger partial charge in [0, 0.05) is 26.9 Å². The molecule has 0 amide bonds. The Labute approximate surface area is 180 Å². The van der Waals surface area contributed by atoms with Gasteiger partial charge in [0.25, 0.3) is 0 Å². The van der Waals surface area contributed by atoms with Crippen molar-refractivity contribution in [1.82, 2.24) is 9.29 Å². The highest BCUT2D eigenvalue weighted by atomic mass is 32.2. The molecular formula is C22H32N4O3S. The minimum Gasteiger partial charge on any atom is -0.383 e. The third-order valence-electron chi connectivity index (χ3n) is 6.00. The molecule has 3 unspecified atom stereocenters. The van der Waals surface area contributed by atoms with Crippen LogP contribution in [-0.4, -0.2) is 50.7 Å². The number of hydrogen-bond acceptors (Lipinski definition) is 6. The molecule has 0 bridgehead atoms. The molecule has 2 aromatic rings. The molecule has 0 aliphatic carbocycles. The molecule has 3 atom stereocenters. The monoisotopic (exact) mass is 432 g/mol. The molecule has 0 saturated carbocycles. The van der Waals surface area contributed by atoms with Gasteiger partial charge in [0.2, 0.25) is 10.0 Å². The highest BCUT2D eigenvalue weighted by Crippen LogP contribution is 2.34. The molecule has 0 radical (unpaired) electrons. The number of anilines is 2. The normalized spacial score (nSPS) is 18.2. The van der Waals surface area contributed by atoms with Crippen LogP contribution >= 0.6 is 0 Å². The summed E-state index contributed by atoms with van der Waals surface area (Å²) in [6.07, 6.45) is 4.63. The number of sulfonamides is 1. The molecule has 30 heavy (non-hydrogen) atoms. The molecule has 0 spiro atoms. The number of likely N-dealkylation sites (N-methyl/N-ethyl adjacent to an activating group) is 1. The lowest BCUT2D eigenvalue weighted by Gasteiger charge is -2.31. The van der Waals surface area contributed by atoms with Crippen molar-refractivity contribution >= 4 is 21.4 Å². The minimum absolute atomic E-state index is 0.143. The summed E-state index contributed by atoms with van der Waals surface area (Å²) in [4.78, 5) is 6.71. The van der Waals surface area contributed by atoms with Crippen LogP contribution in [0.2, 0.25) is 0 Å². The zero-order valence-electron chi connectivity index (χ0n) is 18.4. The van der Waals surface area contributed by atoms with E-state index in [9.17, 15) is 8.42 Å². The SMILES string of the molecule is CCC(C)C(COC)N(C)S(=O)(=O)c1ccc(CN2c3ccncc3NC2C)cc1. The molecule has 1 aliphatic rings. The smallest absolute Gasteiger partial charge is 0.243 e. The summed E-state index contributed by atoms with van der Waals surface area (Å²) in [7, 11) is -0.355. The van der Waals surface area contributed by atoms with Crippen molar-refractivity contribution in [2.24, 2.45) is 5.92 Å². The minimum atomic E-state index is -3.60. The molecule has 0 saturated heterocycles. The molecular weight excluding hydrogens is 400 g/mol. The number of ether oxygens (including phenoxy) is 1. The van der Waals surface area contributed by atoms with Gasteiger partial charge in [0.15, 0.2) is 0 Å². The van der Waals surface area contributed by atoms with Gasteiger partial charge in [-0.1, -0.05) is 32.4 Å². The van der Waals surface area contributed by atoms with Gasteiger partial charge in [0.1, 0.15) is 0 Å². The first-order valence-corrected chi connectivity index (χ1v) is 11.8. The molecule has 1 N–H and O–H groups in total. The summed E-state index contributed by atoms with van der Waals surface area (Å²) in [5, 5.41) is 3.41. The lowest BCUT2D eigenvalue weighted by atomic mass is 10.0. The predicted molar refractivity (Wildman–Crippen MR) is 120 cm³/mol. The van der Waals surface area contributed by atoms with Gasteiger partial charge in [-0.25, -0.2) is 8.42 Å². The Bertz CT molecular complexity index is 949. The average Bonchev–Trinajstić information content (AvgIpc) is 3.06. The lowest BCUT2D eigenvalue weighted by Crippen LogP contribution is -2.43. The van der Waals surface area contributed by atoms with Crippen LogP contribution in [0, 0.1) is 5.92 Å². The second-order valence-electron chi connectivity index (χ2n) is 7.91. The zero-order chi connectivity index (χ0) is 21.9. The van der Waals surface area contributed by atoms with Crippen molar-refractivity contribution in [3.05, 3.63) is 48.3 Å². The largest absolute Gasteiger partial charge is 0.383 e. The maximum absolute atomic E-state index is 13.2. The molecule has 3 rings (SSSR count). The summed E-state index contributed by atoms with van der Waals surface area (Å²) in [5.74, 6) is 0.197. The van der Waals surface area contributed by atoms with E-state index in [1.165, 1.54) is 4.31 Å². The summed E-state index contributed by atoms with van der Waals surface area (Å²) >= 11 is 0. The van der Waals surface area contributed by atoms with Crippen molar-refractivity contribution < 1.29 is 13.2 Å². The number of fused-ring (bicyclic) bond motifs is 1. The van der Waals surface area contributed by atoms with Gasteiger partial charge in [0.05, 0.1) is 41.3 Å². The summed E-state index contributed by atoms with van der Waals surface area (Å²) < 4.78 is 33.1. The Kier molecular flexibility index (Phi) is 7.00. The van der Waals surface area contributed by atoms with Crippen molar-refractivity contribution in [3.8, 4) is 0 Å². The first kappa shape index (κ1) is 22.5. The highest BCUT2D eigenvalue weighted by Gasteiger charge is 2.31. The Hall–Kier alpha value is -2.16. The van der Waals surface area contributed by atoms with Crippen LogP contribution in [0.5, 0.6) is 0 Å². The van der Waals surface area contributed by atoms with Crippen LogP contribution in [0.25, 0.3) is 0 Å². The maximum Gasteiger partial charge on any atom is 0.243 e. The third-order valence-corrected chi connectivity index (χ3v) is 7.89. The van der Waals surface area contributed by atoms with Crippen LogP contribution in [0.3, 0.4) is 0 Å². The number of methoxy groups -OCH3 is 1. The average molecular weight is 433 g/mol. The quantitative estimate of drug-likeness (QED) is 0.653. The van der Waals surface area contributed by atoms with E-state index in [0.29, 0.717) is 18.0 Å². The van der Waals surface area contributed by atoms with E-state index in [4.69, 9.17) is 4.74 Å². The van der Waals surface area contributed by atoms with Gasteiger partial charge in [-0.3, -0.25) is 4.98 Å². The van der Waals surface area contributed by atoms with Gasteiger partial charge >= 0.3 is 0 Å². The Morgan fingerprint density at radius 1 is 1.27 bits per heavy atom. The number of hydrogen-bond donors (Lipinski definition) is 1. The van der Waals surface area contributed by atoms with E-state index in [1.54, 1.807) is 32.5 Å². The van der Waals surface area contributed by atoms with E-state index >= 15 is 0 Å². The molecule has 0 fully saturated rings. The van der Waals surface area contributed by atoms with Crippen LogP contribution in [0.15, 0.2) is 47.6 Å².